The van der Waals surface area contributed by atoms with Crippen LogP contribution in [-0.4, -0.2) is 78.8 Å². The van der Waals surface area contributed by atoms with Gasteiger partial charge in [-0.05, 0) is 51.0 Å². The Kier molecular flexibility index (Phi) is 6.77. The number of nitrogens with zero attached hydrogens (tertiary/aromatic N) is 4. The summed E-state index contributed by atoms with van der Waals surface area (Å²) < 4.78 is 3.88. The van der Waals surface area contributed by atoms with Crippen molar-refractivity contribution in [1.29, 1.82) is 0 Å². The van der Waals surface area contributed by atoms with Crippen LogP contribution in [0.5, 0.6) is 0 Å². The van der Waals surface area contributed by atoms with E-state index in [9.17, 15) is 19.8 Å². The maximum Gasteiger partial charge on any atom is 0.336 e. The fourth-order valence-electron chi connectivity index (χ4n) is 7.13. The second kappa shape index (κ2) is 9.49. The molecule has 8 heteroatoms. The first-order valence-corrected chi connectivity index (χ1v) is 14.8. The number of carbonyl (C=O) groups is 2. The van der Waals surface area contributed by atoms with E-state index < -0.39 is 12.0 Å². The Balaban J connectivity index is 1.76. The first-order chi connectivity index (χ1) is 19.3. The van der Waals surface area contributed by atoms with Crippen molar-refractivity contribution in [3.8, 4) is 0 Å². The van der Waals surface area contributed by atoms with Crippen molar-refractivity contribution < 1.29 is 24.4 Å². The van der Waals surface area contributed by atoms with Crippen molar-refractivity contribution in [3.05, 3.63) is 51.5 Å². The molecule has 0 saturated heterocycles. The van der Waals surface area contributed by atoms with Gasteiger partial charge in [-0.15, -0.1) is 0 Å². The van der Waals surface area contributed by atoms with Gasteiger partial charge in [-0.25, -0.2) is 4.58 Å². The van der Waals surface area contributed by atoms with Gasteiger partial charge in [0.25, 0.3) is 0 Å². The van der Waals surface area contributed by atoms with Crippen LogP contribution in [0, 0.1) is 0 Å². The van der Waals surface area contributed by atoms with Gasteiger partial charge in [0.15, 0.2) is 11.8 Å². The number of rotatable bonds is 3. The molecule has 5 rings (SSSR count). The van der Waals surface area contributed by atoms with Gasteiger partial charge in [0, 0.05) is 55.0 Å². The number of aliphatic hydroxyl groups excluding tert-OH is 2. The van der Waals surface area contributed by atoms with E-state index in [0.29, 0.717) is 27.7 Å². The van der Waals surface area contributed by atoms with Crippen LogP contribution in [0.2, 0.25) is 0 Å². The van der Waals surface area contributed by atoms with Crippen molar-refractivity contribution in [2.75, 3.05) is 38.0 Å². The van der Waals surface area contributed by atoms with Crippen molar-refractivity contribution in [2.24, 2.45) is 0 Å². The van der Waals surface area contributed by atoms with E-state index in [1.54, 1.807) is 30.5 Å². The number of hydrogen-bond acceptors (Lipinski definition) is 4. The number of likely N-dealkylation sites (N-methyl/N-ethyl adjacent to an activating group) is 2. The fraction of sp³-hybridized carbons (Fsp3) is 0.529. The summed E-state index contributed by atoms with van der Waals surface area (Å²) >= 11 is 0. The van der Waals surface area contributed by atoms with E-state index in [1.165, 1.54) is 6.92 Å². The minimum absolute atomic E-state index is 0.0898. The highest BCUT2D eigenvalue weighted by molar-refractivity contribution is 6.28. The Hall–Kier alpha value is -3.52. The van der Waals surface area contributed by atoms with Gasteiger partial charge in [0.05, 0.1) is 35.6 Å². The fourth-order valence-corrected chi connectivity index (χ4v) is 7.13. The topological polar surface area (TPSA) is 87.1 Å². The van der Waals surface area contributed by atoms with Gasteiger partial charge in [0.2, 0.25) is 17.0 Å². The number of fused-ring (bicyclic) bond motifs is 2. The van der Waals surface area contributed by atoms with Crippen LogP contribution in [0.3, 0.4) is 0 Å². The van der Waals surface area contributed by atoms with Crippen LogP contribution in [-0.2, 0) is 20.4 Å². The van der Waals surface area contributed by atoms with Crippen molar-refractivity contribution in [2.45, 2.75) is 90.3 Å². The number of aliphatic hydroxyl groups is 2. The zero-order chi connectivity index (χ0) is 31.4. The van der Waals surface area contributed by atoms with Crippen molar-refractivity contribution >= 4 is 40.2 Å². The standard InChI is InChI=1S/C34H45N4O4/c1-17-33(5,6)23-13-21(25(37(11)19(3)39)15-27(23)35(17)9)29-31(41)30(32(29)42)22-14-24-28(16-26(22)38(12)20(4)40)36(10)18(2)34(24,7)8/h13-18,29,31,41H,1-12H3/q+1/p+1. The quantitative estimate of drug-likeness (QED) is 0.335. The Bertz CT molecular complexity index is 1710. The third kappa shape index (κ3) is 3.90. The second-order valence-corrected chi connectivity index (χ2v) is 13.7. The largest absolute Gasteiger partial charge is 0.463 e. The minimum atomic E-state index is -1.07. The molecule has 4 unspecified atom stereocenters. The number of Topliss-reactive ketones (excluding diaryl/α,β-unsaturated/α-hetero) is 1. The summed E-state index contributed by atoms with van der Waals surface area (Å²) in [5.41, 5.74) is 5.17. The molecule has 224 valence electrons. The highest BCUT2D eigenvalue weighted by Crippen LogP contribution is 2.51. The lowest BCUT2D eigenvalue weighted by Gasteiger charge is -2.37. The number of amides is 1. The second-order valence-electron chi connectivity index (χ2n) is 13.7. The number of anilines is 2. The van der Waals surface area contributed by atoms with Gasteiger partial charge < -0.3 is 20.0 Å². The first kappa shape index (κ1) is 30.0. The van der Waals surface area contributed by atoms with Crippen molar-refractivity contribution in [3.63, 3.8) is 0 Å². The number of hydrogen-bond donors (Lipinski definition) is 2. The Labute approximate surface area is 248 Å². The summed E-state index contributed by atoms with van der Waals surface area (Å²) in [6.07, 6.45) is -1.07. The van der Waals surface area contributed by atoms with Crippen LogP contribution in [0.25, 0.3) is 5.57 Å². The SMILES string of the molecule is CC(=O)N(C)c1cc2c(cc1C1C(=O)C(=c3cc4c(cc3[N+](C)=C(C)O)=[N+](C)C(C)C4(C)C)C1O)C(C)(C)C(C)N2C. The third-order valence-corrected chi connectivity index (χ3v) is 11.1. The molecule has 2 aromatic rings. The maximum absolute atomic E-state index is 14.2. The van der Waals surface area contributed by atoms with Crippen LogP contribution < -0.4 is 25.0 Å². The summed E-state index contributed by atoms with van der Waals surface area (Å²) in [5.74, 6) is -1.03. The van der Waals surface area contributed by atoms with Gasteiger partial charge >= 0.3 is 5.90 Å². The molecule has 2 aliphatic heterocycles. The molecule has 8 nitrogen and oxygen atoms in total. The van der Waals surface area contributed by atoms with E-state index in [0.717, 1.165) is 22.2 Å². The van der Waals surface area contributed by atoms with Gasteiger partial charge in [-0.3, -0.25) is 9.59 Å². The van der Waals surface area contributed by atoms with Gasteiger partial charge in [0.1, 0.15) is 14.1 Å². The third-order valence-electron chi connectivity index (χ3n) is 11.1. The molecule has 42 heavy (non-hydrogen) atoms. The molecule has 2 heterocycles. The maximum atomic E-state index is 14.2. The van der Waals surface area contributed by atoms with Crippen LogP contribution >= 0.6 is 0 Å². The summed E-state index contributed by atoms with van der Waals surface area (Å²) in [5, 5.41) is 24.0. The van der Waals surface area contributed by atoms with Crippen LogP contribution in [0.4, 0.5) is 17.1 Å². The molecule has 2 aromatic carbocycles. The monoisotopic (exact) mass is 574 g/mol. The average molecular weight is 575 g/mol. The smallest absolute Gasteiger partial charge is 0.336 e. The van der Waals surface area contributed by atoms with E-state index in [1.807, 2.05) is 24.3 Å². The lowest BCUT2D eigenvalue weighted by molar-refractivity contribution is -0.416. The molecule has 1 saturated carbocycles. The predicted octanol–water partition coefficient (Wildman–Crippen LogP) is 2.71. The van der Waals surface area contributed by atoms with E-state index in [2.05, 4.69) is 65.1 Å². The highest BCUT2D eigenvalue weighted by atomic mass is 16.3. The Morgan fingerprint density at radius 2 is 1.67 bits per heavy atom. The molecule has 0 spiro atoms. The normalized spacial score (nSPS) is 27.4. The lowest BCUT2D eigenvalue weighted by atomic mass is 9.68. The van der Waals surface area contributed by atoms with Gasteiger partial charge in [-0.2, -0.15) is 4.58 Å². The molecule has 4 atom stereocenters. The number of carbonyl (C=O) groups excluding carboxylic acids is 2. The van der Waals surface area contributed by atoms with Crippen LogP contribution in [0.15, 0.2) is 24.3 Å². The summed E-state index contributed by atoms with van der Waals surface area (Å²) in [4.78, 5) is 30.6. The molecule has 0 radical (unpaired) electrons. The minimum Gasteiger partial charge on any atom is -0.463 e. The average Bonchev–Trinajstić information content (AvgIpc) is 3.20. The van der Waals surface area contributed by atoms with E-state index in [4.69, 9.17) is 0 Å². The molecule has 1 aliphatic carbocycles. The molecule has 0 bridgehead atoms. The van der Waals surface area contributed by atoms with E-state index in [-0.39, 0.29) is 40.5 Å². The zero-order valence-electron chi connectivity index (χ0n) is 27.1. The van der Waals surface area contributed by atoms with Crippen LogP contribution in [0.1, 0.15) is 78.0 Å². The summed E-state index contributed by atoms with van der Waals surface area (Å²) in [7, 11) is 7.59. The Morgan fingerprint density at radius 3 is 2.21 bits per heavy atom. The molecular weight excluding hydrogens is 528 g/mol. The molecule has 0 aromatic heterocycles. The number of benzene rings is 2. The molecule has 1 fully saturated rings. The predicted molar refractivity (Wildman–Crippen MR) is 168 cm³/mol. The van der Waals surface area contributed by atoms with Gasteiger partial charge in [-0.1, -0.05) is 19.9 Å². The number of ketones is 1. The highest BCUT2D eigenvalue weighted by Gasteiger charge is 2.51. The lowest BCUT2D eigenvalue weighted by Crippen LogP contribution is -2.47. The first-order valence-electron chi connectivity index (χ1n) is 14.8. The van der Waals surface area contributed by atoms with E-state index >= 15 is 0 Å². The summed E-state index contributed by atoms with van der Waals surface area (Å²) in [6.45, 7) is 16.2. The zero-order valence-corrected chi connectivity index (χ0v) is 27.1. The van der Waals surface area contributed by atoms with Crippen molar-refractivity contribution in [1.82, 2.24) is 4.58 Å². The summed E-state index contributed by atoms with van der Waals surface area (Å²) in [6, 6.07) is 8.51. The molecule has 3 aliphatic rings. The molecule has 2 N–H and O–H groups in total. The molecule has 1 amide bonds. The molecular formula is C34H46N4O4+2. The Morgan fingerprint density at radius 1 is 1.05 bits per heavy atom.